The maximum Gasteiger partial charge on any atom is 0.438 e. The zero-order valence-corrected chi connectivity index (χ0v) is 13.6. The molecule has 0 radical (unpaired) electrons. The summed E-state index contributed by atoms with van der Waals surface area (Å²) in [7, 11) is 0. The van der Waals surface area contributed by atoms with Crippen molar-refractivity contribution in [2.45, 2.75) is 44.5 Å². The molecular formula is C16H19F3N2O3. The molecule has 2 rings (SSSR count). The van der Waals surface area contributed by atoms with Crippen molar-refractivity contribution < 1.29 is 27.8 Å². The third-order valence-corrected chi connectivity index (χ3v) is 3.70. The highest BCUT2D eigenvalue weighted by Crippen LogP contribution is 2.38. The molecule has 8 heteroatoms. The van der Waals surface area contributed by atoms with Gasteiger partial charge in [0, 0.05) is 12.6 Å². The van der Waals surface area contributed by atoms with Gasteiger partial charge in [0.25, 0.3) is 11.6 Å². The van der Waals surface area contributed by atoms with E-state index in [1.54, 1.807) is 12.1 Å². The number of hydrogen-bond acceptors (Lipinski definition) is 4. The third kappa shape index (κ3) is 3.53. The van der Waals surface area contributed by atoms with Crippen molar-refractivity contribution in [2.24, 2.45) is 5.10 Å². The number of hydrogen-bond donors (Lipinski definition) is 1. The molecule has 0 saturated heterocycles. The Morgan fingerprint density at radius 2 is 1.88 bits per heavy atom. The summed E-state index contributed by atoms with van der Waals surface area (Å²) < 4.78 is 43.9. The van der Waals surface area contributed by atoms with E-state index in [4.69, 9.17) is 4.74 Å². The molecule has 1 N–H and O–H groups in total. The molecule has 1 amide bonds. The van der Waals surface area contributed by atoms with Gasteiger partial charge in [0.05, 0.1) is 0 Å². The highest BCUT2D eigenvalue weighted by atomic mass is 19.4. The quantitative estimate of drug-likeness (QED) is 0.917. The zero-order valence-electron chi connectivity index (χ0n) is 13.6. The lowest BCUT2D eigenvalue weighted by Crippen LogP contribution is -2.57. The van der Waals surface area contributed by atoms with Crippen LogP contribution in [0.3, 0.4) is 0 Å². The number of rotatable bonds is 3. The molecule has 5 nitrogen and oxygen atoms in total. The maximum atomic E-state index is 12.9. The molecule has 1 unspecified atom stereocenters. The molecule has 0 spiro atoms. The number of carbonyl (C=O) groups excluding carboxylic acids is 1. The molecule has 1 aliphatic heterocycles. The van der Waals surface area contributed by atoms with Gasteiger partial charge in [-0.3, -0.25) is 4.79 Å². The lowest BCUT2D eigenvalue weighted by atomic mass is 9.87. The van der Waals surface area contributed by atoms with Gasteiger partial charge >= 0.3 is 6.18 Å². The van der Waals surface area contributed by atoms with Gasteiger partial charge in [0.15, 0.2) is 6.61 Å². The van der Waals surface area contributed by atoms with Crippen molar-refractivity contribution >= 4 is 12.1 Å². The fraction of sp³-hybridized carbons (Fsp3) is 0.500. The molecule has 1 aromatic carbocycles. The molecule has 1 heterocycles. The third-order valence-electron chi connectivity index (χ3n) is 3.70. The monoisotopic (exact) mass is 344 g/mol. The first-order valence-corrected chi connectivity index (χ1v) is 7.33. The molecule has 0 bridgehead atoms. The number of ether oxygens (including phenoxy) is 1. The van der Waals surface area contributed by atoms with E-state index in [1.165, 1.54) is 0 Å². The average Bonchev–Trinajstić information content (AvgIpc) is 2.87. The molecule has 0 aliphatic carbocycles. The van der Waals surface area contributed by atoms with Crippen LogP contribution in [0.4, 0.5) is 13.2 Å². The summed E-state index contributed by atoms with van der Waals surface area (Å²) in [5.41, 5.74) is -2.32. The van der Waals surface area contributed by atoms with Crippen LogP contribution < -0.4 is 4.74 Å². The molecule has 1 aliphatic rings. The Morgan fingerprint density at radius 3 is 2.38 bits per heavy atom. The van der Waals surface area contributed by atoms with Crippen molar-refractivity contribution in [3.05, 3.63) is 29.8 Å². The zero-order chi connectivity index (χ0) is 18.2. The van der Waals surface area contributed by atoms with E-state index in [2.05, 4.69) is 5.10 Å². The van der Waals surface area contributed by atoms with E-state index in [0.29, 0.717) is 5.75 Å². The predicted octanol–water partition coefficient (Wildman–Crippen LogP) is 2.83. The van der Waals surface area contributed by atoms with Crippen molar-refractivity contribution in [1.29, 1.82) is 0 Å². The summed E-state index contributed by atoms with van der Waals surface area (Å²) in [6.07, 6.45) is -4.96. The Bertz CT molecular complexity index is 635. The Balaban J connectivity index is 2.02. The first kappa shape index (κ1) is 18.3. The summed E-state index contributed by atoms with van der Waals surface area (Å²) in [5, 5.41) is 13.0. The molecular weight excluding hydrogens is 325 g/mol. The van der Waals surface area contributed by atoms with Crippen molar-refractivity contribution in [3.63, 3.8) is 0 Å². The van der Waals surface area contributed by atoms with Crippen molar-refractivity contribution in [1.82, 2.24) is 5.01 Å². The highest BCUT2D eigenvalue weighted by Gasteiger charge is 2.61. The summed E-state index contributed by atoms with van der Waals surface area (Å²) in [4.78, 5) is 11.9. The first-order valence-electron chi connectivity index (χ1n) is 7.33. The molecule has 0 fully saturated rings. The Hall–Kier alpha value is -2.09. The fourth-order valence-electron chi connectivity index (χ4n) is 2.20. The standard InChI is InChI=1S/C16H19F3N2O3/c1-14(2,3)11-4-6-12(7-5-11)24-10-13(22)21-15(23,8-9-20-21)16(17,18)19/h4-7,9,23H,8,10H2,1-3H3. The van der Waals surface area contributed by atoms with Gasteiger partial charge in [-0.15, -0.1) is 0 Å². The van der Waals surface area contributed by atoms with Gasteiger partial charge in [0.1, 0.15) is 5.75 Å². The Kier molecular flexibility index (Phi) is 4.63. The van der Waals surface area contributed by atoms with Gasteiger partial charge in [-0.05, 0) is 23.1 Å². The summed E-state index contributed by atoms with van der Waals surface area (Å²) in [6, 6.07) is 6.91. The van der Waals surface area contributed by atoms with Gasteiger partial charge < -0.3 is 9.84 Å². The van der Waals surface area contributed by atoms with Gasteiger partial charge in [-0.1, -0.05) is 32.9 Å². The minimum atomic E-state index is -5.01. The number of halogens is 3. The van der Waals surface area contributed by atoms with Gasteiger partial charge in [0.2, 0.25) is 0 Å². The van der Waals surface area contributed by atoms with Crippen LogP contribution in [0.2, 0.25) is 0 Å². The summed E-state index contributed by atoms with van der Waals surface area (Å²) in [5.74, 6) is -0.737. The lowest BCUT2D eigenvalue weighted by Gasteiger charge is -2.32. The number of hydrazone groups is 1. The Labute approximate surface area is 137 Å². The molecule has 0 saturated carbocycles. The highest BCUT2D eigenvalue weighted by molar-refractivity contribution is 5.81. The summed E-state index contributed by atoms with van der Waals surface area (Å²) >= 11 is 0. The fourth-order valence-corrected chi connectivity index (χ4v) is 2.20. The normalized spacial score (nSPS) is 21.2. The minimum Gasteiger partial charge on any atom is -0.484 e. The second-order valence-corrected chi connectivity index (χ2v) is 6.59. The largest absolute Gasteiger partial charge is 0.484 e. The second-order valence-electron chi connectivity index (χ2n) is 6.59. The van der Waals surface area contributed by atoms with Crippen LogP contribution in [0.25, 0.3) is 0 Å². The molecule has 132 valence electrons. The SMILES string of the molecule is CC(C)(C)c1ccc(OCC(=O)N2N=CCC2(O)C(F)(F)F)cc1. The number of benzene rings is 1. The van der Waals surface area contributed by atoms with Gasteiger partial charge in [-0.25, -0.2) is 0 Å². The molecule has 1 atom stereocenters. The molecule has 24 heavy (non-hydrogen) atoms. The van der Waals surface area contributed by atoms with E-state index in [1.807, 2.05) is 32.9 Å². The van der Waals surface area contributed by atoms with Crippen LogP contribution in [-0.4, -0.2) is 40.7 Å². The first-order chi connectivity index (χ1) is 10.9. The maximum absolute atomic E-state index is 12.9. The van der Waals surface area contributed by atoms with E-state index in [-0.39, 0.29) is 10.4 Å². The average molecular weight is 344 g/mol. The smallest absolute Gasteiger partial charge is 0.438 e. The van der Waals surface area contributed by atoms with Crippen molar-refractivity contribution in [2.75, 3.05) is 6.61 Å². The van der Waals surface area contributed by atoms with Crippen LogP contribution in [0, 0.1) is 0 Å². The Morgan fingerprint density at radius 1 is 1.29 bits per heavy atom. The molecule has 0 aromatic heterocycles. The van der Waals surface area contributed by atoms with Crippen molar-refractivity contribution in [3.8, 4) is 5.75 Å². The summed E-state index contributed by atoms with van der Waals surface area (Å²) in [6.45, 7) is 5.45. The number of amides is 1. The second kappa shape index (κ2) is 6.08. The number of aliphatic hydroxyl groups is 1. The van der Waals surface area contributed by atoms with Crippen LogP contribution in [0.15, 0.2) is 29.4 Å². The number of nitrogens with zero attached hydrogens (tertiary/aromatic N) is 2. The van der Waals surface area contributed by atoms with E-state index < -0.39 is 30.8 Å². The molecule has 1 aromatic rings. The van der Waals surface area contributed by atoms with Crippen LogP contribution >= 0.6 is 0 Å². The van der Waals surface area contributed by atoms with E-state index >= 15 is 0 Å². The van der Waals surface area contributed by atoms with E-state index in [9.17, 15) is 23.1 Å². The van der Waals surface area contributed by atoms with Crippen LogP contribution in [-0.2, 0) is 10.2 Å². The lowest BCUT2D eigenvalue weighted by molar-refractivity contribution is -0.302. The van der Waals surface area contributed by atoms with Gasteiger partial charge in [-0.2, -0.15) is 23.3 Å². The van der Waals surface area contributed by atoms with Crippen LogP contribution in [0.1, 0.15) is 32.8 Å². The predicted molar refractivity (Wildman–Crippen MR) is 81.6 cm³/mol. The van der Waals surface area contributed by atoms with Crippen LogP contribution in [0.5, 0.6) is 5.75 Å². The van der Waals surface area contributed by atoms with E-state index in [0.717, 1.165) is 11.8 Å². The minimum absolute atomic E-state index is 0.0243. The number of carbonyl (C=O) groups is 1. The number of alkyl halides is 3. The topological polar surface area (TPSA) is 62.1 Å².